The molecule has 0 aliphatic carbocycles. The molecule has 1 fully saturated rings. The molecular weight excluding hydrogens is 452 g/mol. The van der Waals surface area contributed by atoms with Gasteiger partial charge in [-0.1, -0.05) is 12.1 Å². The molecule has 7 nitrogen and oxygen atoms in total. The number of nitrogens with one attached hydrogen (secondary N) is 1. The van der Waals surface area contributed by atoms with Crippen molar-refractivity contribution in [3.05, 3.63) is 76.7 Å². The molecule has 0 bridgehead atoms. The monoisotopic (exact) mass is 481 g/mol. The lowest BCUT2D eigenvalue weighted by molar-refractivity contribution is 0.215. The van der Waals surface area contributed by atoms with E-state index in [9.17, 15) is 13.6 Å². The highest BCUT2D eigenvalue weighted by molar-refractivity contribution is 5.89. The molecule has 1 N–H and O–H groups in total. The average Bonchev–Trinajstić information content (AvgIpc) is 3.09. The molecule has 184 valence electrons. The van der Waals surface area contributed by atoms with E-state index in [1.54, 1.807) is 12.0 Å². The maximum Gasteiger partial charge on any atom is 0.321 e. The Morgan fingerprint density at radius 1 is 1.03 bits per heavy atom. The van der Waals surface area contributed by atoms with Crippen molar-refractivity contribution >= 4 is 17.5 Å². The highest BCUT2D eigenvalue weighted by atomic mass is 19.1. The fraction of sp³-hybridized carbons (Fsp3) is 0.346. The molecule has 4 rings (SSSR count). The Kier molecular flexibility index (Phi) is 7.43. The van der Waals surface area contributed by atoms with Crippen LogP contribution in [0.25, 0.3) is 0 Å². The molecule has 0 unspecified atom stereocenters. The number of carbonyl (C=O) groups is 1. The Morgan fingerprint density at radius 2 is 1.80 bits per heavy atom. The number of hydrogen-bond acceptors (Lipinski definition) is 5. The average molecular weight is 482 g/mol. The molecule has 2 heterocycles. The number of carbonyl (C=O) groups excluding carboxylic acids is 1. The maximum atomic E-state index is 14.0. The first-order valence-corrected chi connectivity index (χ1v) is 11.6. The van der Waals surface area contributed by atoms with E-state index in [1.807, 2.05) is 38.1 Å². The van der Waals surface area contributed by atoms with Crippen LogP contribution in [0.1, 0.15) is 29.1 Å². The van der Waals surface area contributed by atoms with Gasteiger partial charge in [0, 0.05) is 49.9 Å². The summed E-state index contributed by atoms with van der Waals surface area (Å²) in [7, 11) is 1.64. The van der Waals surface area contributed by atoms with Crippen molar-refractivity contribution in [2.75, 3.05) is 43.5 Å². The summed E-state index contributed by atoms with van der Waals surface area (Å²) in [5.74, 6) is 0.883. The first kappa shape index (κ1) is 24.4. The van der Waals surface area contributed by atoms with Crippen LogP contribution in [0, 0.1) is 25.5 Å². The number of urea groups is 1. The van der Waals surface area contributed by atoms with Crippen molar-refractivity contribution in [3.8, 4) is 5.75 Å². The number of ether oxygens (including phenoxy) is 1. The third kappa shape index (κ3) is 5.85. The summed E-state index contributed by atoms with van der Waals surface area (Å²) in [6, 6.07) is 10.6. The molecule has 2 aromatic carbocycles. The molecule has 0 spiro atoms. The SMILES string of the molecule is COc1ccc(Cc2c(C)nc(C)nc2N2CCCN(C(=O)Nc3ccc(F)cc3F)CC2)cc1. The first-order valence-electron chi connectivity index (χ1n) is 11.6. The van der Waals surface area contributed by atoms with Gasteiger partial charge in [0.05, 0.1) is 12.8 Å². The van der Waals surface area contributed by atoms with Crippen LogP contribution in [-0.2, 0) is 6.42 Å². The molecule has 2 amide bonds. The van der Waals surface area contributed by atoms with Crippen molar-refractivity contribution in [3.63, 3.8) is 0 Å². The highest BCUT2D eigenvalue weighted by Crippen LogP contribution is 2.26. The molecule has 0 radical (unpaired) electrons. The standard InChI is InChI=1S/C26H29F2N5O2/c1-17-22(15-19-5-8-21(35-3)9-6-19)25(30-18(2)29-17)32-11-4-12-33(14-13-32)26(34)31-24-10-7-20(27)16-23(24)28/h5-10,16H,4,11-15H2,1-3H3,(H,31,34). The van der Waals surface area contributed by atoms with E-state index in [-0.39, 0.29) is 5.69 Å². The number of rotatable bonds is 5. The van der Waals surface area contributed by atoms with Gasteiger partial charge in [-0.2, -0.15) is 0 Å². The van der Waals surface area contributed by atoms with Crippen LogP contribution in [-0.4, -0.2) is 54.2 Å². The number of hydrogen-bond donors (Lipinski definition) is 1. The number of aryl methyl sites for hydroxylation is 2. The van der Waals surface area contributed by atoms with Crippen LogP contribution in [0.5, 0.6) is 5.75 Å². The minimum atomic E-state index is -0.801. The number of nitrogens with zero attached hydrogens (tertiary/aromatic N) is 4. The molecule has 0 saturated carbocycles. The number of benzene rings is 2. The zero-order valence-electron chi connectivity index (χ0n) is 20.1. The predicted molar refractivity (Wildman–Crippen MR) is 131 cm³/mol. The smallest absolute Gasteiger partial charge is 0.321 e. The number of aromatic nitrogens is 2. The molecular formula is C26H29F2N5O2. The third-order valence-electron chi connectivity index (χ3n) is 6.10. The number of methoxy groups -OCH3 is 1. The minimum Gasteiger partial charge on any atom is -0.497 e. The summed E-state index contributed by atoms with van der Waals surface area (Å²) in [5.41, 5.74) is 3.06. The van der Waals surface area contributed by atoms with Crippen LogP contribution in [0.15, 0.2) is 42.5 Å². The minimum absolute atomic E-state index is 0.0404. The Morgan fingerprint density at radius 3 is 2.51 bits per heavy atom. The Balaban J connectivity index is 1.50. The van der Waals surface area contributed by atoms with Gasteiger partial charge in [-0.15, -0.1) is 0 Å². The van der Waals surface area contributed by atoms with E-state index < -0.39 is 17.7 Å². The summed E-state index contributed by atoms with van der Waals surface area (Å²) in [6.45, 7) is 6.13. The van der Waals surface area contributed by atoms with Gasteiger partial charge in [0.1, 0.15) is 29.0 Å². The topological polar surface area (TPSA) is 70.6 Å². The normalized spacial score (nSPS) is 14.0. The number of amides is 2. The van der Waals surface area contributed by atoms with Gasteiger partial charge in [0.25, 0.3) is 0 Å². The fourth-order valence-corrected chi connectivity index (χ4v) is 4.25. The highest BCUT2D eigenvalue weighted by Gasteiger charge is 2.23. The number of halogens is 2. The van der Waals surface area contributed by atoms with Gasteiger partial charge < -0.3 is 19.9 Å². The van der Waals surface area contributed by atoms with Crippen LogP contribution in [0.3, 0.4) is 0 Å². The Bertz CT molecular complexity index is 1200. The fourth-order valence-electron chi connectivity index (χ4n) is 4.25. The van der Waals surface area contributed by atoms with Crippen molar-refractivity contribution in [2.45, 2.75) is 26.7 Å². The quantitative estimate of drug-likeness (QED) is 0.571. The van der Waals surface area contributed by atoms with E-state index in [0.717, 1.165) is 53.5 Å². The molecule has 35 heavy (non-hydrogen) atoms. The van der Waals surface area contributed by atoms with E-state index in [2.05, 4.69) is 15.2 Å². The molecule has 1 aliphatic rings. The van der Waals surface area contributed by atoms with Gasteiger partial charge in [0.15, 0.2) is 0 Å². The van der Waals surface area contributed by atoms with Crippen molar-refractivity contribution in [2.24, 2.45) is 0 Å². The predicted octanol–water partition coefficient (Wildman–Crippen LogP) is 4.72. The van der Waals surface area contributed by atoms with Crippen LogP contribution in [0.4, 0.5) is 25.1 Å². The molecule has 1 aliphatic heterocycles. The Labute approximate surface area is 203 Å². The molecule has 1 saturated heterocycles. The second kappa shape index (κ2) is 10.7. The molecule has 0 atom stereocenters. The zero-order valence-corrected chi connectivity index (χ0v) is 20.1. The summed E-state index contributed by atoms with van der Waals surface area (Å²) in [6.07, 6.45) is 1.40. The summed E-state index contributed by atoms with van der Waals surface area (Å²) >= 11 is 0. The van der Waals surface area contributed by atoms with E-state index >= 15 is 0 Å². The van der Waals surface area contributed by atoms with E-state index in [0.29, 0.717) is 31.9 Å². The lowest BCUT2D eigenvalue weighted by Gasteiger charge is -2.26. The van der Waals surface area contributed by atoms with Crippen LogP contribution >= 0.6 is 0 Å². The van der Waals surface area contributed by atoms with E-state index in [4.69, 9.17) is 9.72 Å². The van der Waals surface area contributed by atoms with Gasteiger partial charge in [0.2, 0.25) is 0 Å². The second-order valence-corrected chi connectivity index (χ2v) is 8.57. The van der Waals surface area contributed by atoms with Crippen LogP contribution in [0.2, 0.25) is 0 Å². The molecule has 9 heteroatoms. The largest absolute Gasteiger partial charge is 0.497 e. The lowest BCUT2D eigenvalue weighted by Crippen LogP contribution is -2.38. The first-order chi connectivity index (χ1) is 16.8. The summed E-state index contributed by atoms with van der Waals surface area (Å²) in [4.78, 5) is 26.0. The third-order valence-corrected chi connectivity index (χ3v) is 6.10. The van der Waals surface area contributed by atoms with Crippen molar-refractivity contribution in [1.29, 1.82) is 0 Å². The van der Waals surface area contributed by atoms with Gasteiger partial charge in [-0.3, -0.25) is 0 Å². The summed E-state index contributed by atoms with van der Waals surface area (Å²) < 4.78 is 32.4. The summed E-state index contributed by atoms with van der Waals surface area (Å²) in [5, 5.41) is 2.55. The van der Waals surface area contributed by atoms with E-state index in [1.165, 1.54) is 6.07 Å². The lowest BCUT2D eigenvalue weighted by atomic mass is 10.0. The van der Waals surface area contributed by atoms with Crippen LogP contribution < -0.4 is 15.0 Å². The van der Waals surface area contributed by atoms with Crippen molar-refractivity contribution < 1.29 is 18.3 Å². The van der Waals surface area contributed by atoms with Crippen molar-refractivity contribution in [1.82, 2.24) is 14.9 Å². The van der Waals surface area contributed by atoms with Gasteiger partial charge in [-0.25, -0.2) is 23.5 Å². The second-order valence-electron chi connectivity index (χ2n) is 8.57. The molecule has 1 aromatic heterocycles. The Hall–Kier alpha value is -3.75. The van der Waals surface area contributed by atoms with Gasteiger partial charge >= 0.3 is 6.03 Å². The van der Waals surface area contributed by atoms with Gasteiger partial charge in [-0.05, 0) is 50.1 Å². The number of anilines is 2. The molecule has 3 aromatic rings. The maximum absolute atomic E-state index is 14.0. The zero-order chi connectivity index (χ0) is 24.9.